The Morgan fingerprint density at radius 2 is 1.74 bits per heavy atom. The molecule has 0 unspecified atom stereocenters. The van der Waals surface area contributed by atoms with Crippen molar-refractivity contribution in [1.82, 2.24) is 24.6 Å². The van der Waals surface area contributed by atoms with Gasteiger partial charge in [0, 0.05) is 35.3 Å². The van der Waals surface area contributed by atoms with E-state index in [0.717, 1.165) is 17.0 Å². The summed E-state index contributed by atoms with van der Waals surface area (Å²) in [7, 11) is -3.78. The maximum atomic E-state index is 13.0. The molecule has 0 fully saturated rings. The number of aromatic amines is 1. The highest BCUT2D eigenvalue weighted by atomic mass is 32.2. The van der Waals surface area contributed by atoms with Crippen LogP contribution in [0.5, 0.6) is 0 Å². The Hall–Kier alpha value is -4.18. The molecular formula is C24H23N7O2S. The fourth-order valence-corrected chi connectivity index (χ4v) is 4.71. The average Bonchev–Trinajstić information content (AvgIpc) is 3.39. The van der Waals surface area contributed by atoms with Gasteiger partial charge in [-0.2, -0.15) is 5.10 Å². The first-order valence-corrected chi connectivity index (χ1v) is 12.1. The Labute approximate surface area is 197 Å². The van der Waals surface area contributed by atoms with Gasteiger partial charge in [0.15, 0.2) is 5.82 Å². The lowest BCUT2D eigenvalue weighted by Gasteiger charge is -2.11. The van der Waals surface area contributed by atoms with Gasteiger partial charge in [0.05, 0.1) is 16.3 Å². The molecule has 0 radical (unpaired) electrons. The lowest BCUT2D eigenvalue weighted by molar-refractivity contribution is 0.601. The monoisotopic (exact) mass is 473 g/mol. The van der Waals surface area contributed by atoms with Gasteiger partial charge >= 0.3 is 0 Å². The van der Waals surface area contributed by atoms with Gasteiger partial charge in [0.25, 0.3) is 10.0 Å². The number of fused-ring (bicyclic) bond motifs is 1. The summed E-state index contributed by atoms with van der Waals surface area (Å²) < 4.78 is 30.5. The summed E-state index contributed by atoms with van der Waals surface area (Å²) >= 11 is 0. The van der Waals surface area contributed by atoms with Crippen molar-refractivity contribution in [2.24, 2.45) is 0 Å². The molecule has 0 aliphatic heterocycles. The maximum absolute atomic E-state index is 13.0. The third-order valence-corrected chi connectivity index (χ3v) is 6.64. The molecule has 5 rings (SSSR count). The van der Waals surface area contributed by atoms with Crippen LogP contribution in [0.15, 0.2) is 71.8 Å². The number of anilines is 3. The second-order valence-electron chi connectivity index (χ2n) is 8.14. The first-order valence-electron chi connectivity index (χ1n) is 10.6. The molecule has 0 spiro atoms. The van der Waals surface area contributed by atoms with Crippen LogP contribution in [0.2, 0.25) is 0 Å². The van der Waals surface area contributed by atoms with Crippen LogP contribution in [0.3, 0.4) is 0 Å². The van der Waals surface area contributed by atoms with E-state index < -0.39 is 10.0 Å². The molecule has 9 nitrogen and oxygen atoms in total. The van der Waals surface area contributed by atoms with Gasteiger partial charge in [-0.3, -0.25) is 14.2 Å². The van der Waals surface area contributed by atoms with Crippen LogP contribution in [0.25, 0.3) is 16.9 Å². The molecule has 172 valence electrons. The minimum atomic E-state index is -3.78. The molecule has 0 amide bonds. The summed E-state index contributed by atoms with van der Waals surface area (Å²) in [5.74, 6) is 1.14. The van der Waals surface area contributed by atoms with Crippen LogP contribution < -0.4 is 10.0 Å². The normalized spacial score (nSPS) is 11.6. The van der Waals surface area contributed by atoms with E-state index in [1.54, 1.807) is 30.3 Å². The van der Waals surface area contributed by atoms with Crippen LogP contribution in [-0.2, 0) is 10.0 Å². The van der Waals surface area contributed by atoms with Gasteiger partial charge in [-0.15, -0.1) is 0 Å². The molecule has 0 saturated carbocycles. The Kier molecular flexibility index (Phi) is 5.29. The number of hydrogen-bond donors (Lipinski definition) is 3. The molecule has 3 heterocycles. The molecule has 0 saturated heterocycles. The van der Waals surface area contributed by atoms with Gasteiger partial charge in [0.1, 0.15) is 5.65 Å². The van der Waals surface area contributed by atoms with Gasteiger partial charge in [0.2, 0.25) is 5.95 Å². The third kappa shape index (κ3) is 4.35. The fourth-order valence-electron chi connectivity index (χ4n) is 3.60. The van der Waals surface area contributed by atoms with E-state index >= 15 is 0 Å². The second kappa shape index (κ2) is 8.31. The smallest absolute Gasteiger partial charge is 0.261 e. The zero-order chi connectivity index (χ0) is 23.9. The van der Waals surface area contributed by atoms with E-state index in [0.29, 0.717) is 34.4 Å². The standard InChI is InChI=1S/C24H23N7O2S/c1-15-7-9-19(10-8-15)30-34(32,33)20-6-4-5-18(12-20)21-13-23-25-17(3)14-31(23)24(26-21)27-22-11-16(2)28-29-22/h4-14,30H,1-3H3,(H2,26,27,28,29). The summed E-state index contributed by atoms with van der Waals surface area (Å²) in [5, 5.41) is 10.3. The summed E-state index contributed by atoms with van der Waals surface area (Å²) in [6.07, 6.45) is 1.88. The Morgan fingerprint density at radius 3 is 2.47 bits per heavy atom. The SMILES string of the molecule is Cc1ccc(NS(=O)(=O)c2cccc(-c3cc4nc(C)cn4c(Nc4cc(C)[nH]n4)n3)c2)cc1. The number of nitrogens with zero attached hydrogens (tertiary/aromatic N) is 4. The van der Waals surface area contributed by atoms with Crippen molar-refractivity contribution in [3.05, 3.63) is 83.8 Å². The molecule has 0 aliphatic carbocycles. The first-order chi connectivity index (χ1) is 16.3. The van der Waals surface area contributed by atoms with Gasteiger partial charge in [-0.1, -0.05) is 29.8 Å². The number of benzene rings is 2. The van der Waals surface area contributed by atoms with Crippen molar-refractivity contribution in [2.75, 3.05) is 10.0 Å². The number of nitrogens with one attached hydrogen (secondary N) is 3. The molecular weight excluding hydrogens is 450 g/mol. The topological polar surface area (TPSA) is 117 Å². The lowest BCUT2D eigenvalue weighted by atomic mass is 10.1. The molecule has 10 heteroatoms. The molecule has 3 aromatic heterocycles. The van der Waals surface area contributed by atoms with Crippen molar-refractivity contribution in [3.8, 4) is 11.3 Å². The third-order valence-electron chi connectivity index (χ3n) is 5.26. The fraction of sp³-hybridized carbons (Fsp3) is 0.125. The van der Waals surface area contributed by atoms with Crippen molar-refractivity contribution in [1.29, 1.82) is 0 Å². The maximum Gasteiger partial charge on any atom is 0.261 e. The van der Waals surface area contributed by atoms with E-state index in [2.05, 4.69) is 25.2 Å². The molecule has 2 aromatic carbocycles. The van der Waals surface area contributed by atoms with Crippen molar-refractivity contribution >= 4 is 33.1 Å². The summed E-state index contributed by atoms with van der Waals surface area (Å²) in [6.45, 7) is 5.76. The number of sulfonamides is 1. The Bertz CT molecular complexity index is 1600. The predicted octanol–water partition coefficient (Wildman–Crippen LogP) is 4.59. The summed E-state index contributed by atoms with van der Waals surface area (Å²) in [5.41, 5.74) is 5.22. The highest BCUT2D eigenvalue weighted by molar-refractivity contribution is 7.92. The van der Waals surface area contributed by atoms with E-state index in [1.807, 2.05) is 61.7 Å². The molecule has 34 heavy (non-hydrogen) atoms. The molecule has 3 N–H and O–H groups in total. The van der Waals surface area contributed by atoms with E-state index in [4.69, 9.17) is 4.98 Å². The zero-order valence-corrected chi connectivity index (χ0v) is 19.7. The quantitative estimate of drug-likeness (QED) is 0.332. The first kappa shape index (κ1) is 21.7. The van der Waals surface area contributed by atoms with Crippen LogP contribution in [0.4, 0.5) is 17.5 Å². The summed E-state index contributed by atoms with van der Waals surface area (Å²) in [4.78, 5) is 9.46. The van der Waals surface area contributed by atoms with Crippen molar-refractivity contribution in [3.63, 3.8) is 0 Å². The Balaban J connectivity index is 1.53. The van der Waals surface area contributed by atoms with Crippen LogP contribution in [-0.4, -0.2) is 33.0 Å². The number of aryl methyl sites for hydroxylation is 3. The highest BCUT2D eigenvalue weighted by Gasteiger charge is 2.17. The van der Waals surface area contributed by atoms with Crippen LogP contribution >= 0.6 is 0 Å². The largest absolute Gasteiger partial charge is 0.308 e. The predicted molar refractivity (Wildman–Crippen MR) is 132 cm³/mol. The van der Waals surface area contributed by atoms with Gasteiger partial charge < -0.3 is 5.32 Å². The minimum absolute atomic E-state index is 0.143. The number of H-pyrrole nitrogens is 1. The van der Waals surface area contributed by atoms with Crippen LogP contribution in [0.1, 0.15) is 17.0 Å². The van der Waals surface area contributed by atoms with Crippen molar-refractivity contribution in [2.45, 2.75) is 25.7 Å². The average molecular weight is 474 g/mol. The zero-order valence-electron chi connectivity index (χ0n) is 18.9. The van der Waals surface area contributed by atoms with E-state index in [1.165, 1.54) is 0 Å². The number of aromatic nitrogens is 5. The van der Waals surface area contributed by atoms with Crippen LogP contribution in [0, 0.1) is 20.8 Å². The molecule has 5 aromatic rings. The summed E-state index contributed by atoms with van der Waals surface area (Å²) in [6, 6.07) is 17.6. The van der Waals surface area contributed by atoms with Gasteiger partial charge in [-0.05, 0) is 45.0 Å². The second-order valence-corrected chi connectivity index (χ2v) is 9.82. The number of hydrogen-bond acceptors (Lipinski definition) is 6. The molecule has 0 atom stereocenters. The lowest BCUT2D eigenvalue weighted by Crippen LogP contribution is -2.13. The molecule has 0 aliphatic rings. The number of imidazole rings is 1. The number of rotatable bonds is 6. The van der Waals surface area contributed by atoms with E-state index in [9.17, 15) is 8.42 Å². The highest BCUT2D eigenvalue weighted by Crippen LogP contribution is 2.26. The minimum Gasteiger partial charge on any atom is -0.308 e. The van der Waals surface area contributed by atoms with Gasteiger partial charge in [-0.25, -0.2) is 18.4 Å². The van der Waals surface area contributed by atoms with E-state index in [-0.39, 0.29) is 4.90 Å². The van der Waals surface area contributed by atoms with Crippen molar-refractivity contribution < 1.29 is 8.42 Å². The Morgan fingerprint density at radius 1 is 0.941 bits per heavy atom. The molecule has 0 bridgehead atoms.